The quantitative estimate of drug-likeness (QED) is 0.599. The number of aromatic nitrogens is 2. The molecule has 0 spiro atoms. The molecule has 0 radical (unpaired) electrons. The molecular formula is C6H9N3O. The minimum Gasteiger partial charge on any atom is -0.382 e. The van der Waals surface area contributed by atoms with Crippen LogP contribution in [0, 0.1) is 0 Å². The molecule has 0 aliphatic carbocycles. The summed E-state index contributed by atoms with van der Waals surface area (Å²) in [5.74, 6) is 0.393. The maximum atomic E-state index is 10.3. The van der Waals surface area contributed by atoms with Crippen LogP contribution >= 0.6 is 0 Å². The minimum atomic E-state index is 0.393. The number of nitrogens with zero attached hydrogens (tertiary/aromatic N) is 2. The Morgan fingerprint density at radius 2 is 2.60 bits per heavy atom. The van der Waals surface area contributed by atoms with E-state index >= 15 is 0 Å². The summed E-state index contributed by atoms with van der Waals surface area (Å²) in [4.78, 5) is 10.3. The Labute approximate surface area is 58.6 Å². The van der Waals surface area contributed by atoms with Gasteiger partial charge in [0, 0.05) is 12.6 Å². The van der Waals surface area contributed by atoms with Gasteiger partial charge in [0.1, 0.15) is 11.5 Å². The summed E-state index contributed by atoms with van der Waals surface area (Å²) in [6.45, 7) is 2.57. The van der Waals surface area contributed by atoms with Crippen LogP contribution in [0.2, 0.25) is 0 Å². The van der Waals surface area contributed by atoms with Crippen LogP contribution in [0.4, 0.5) is 5.82 Å². The van der Waals surface area contributed by atoms with Crippen molar-refractivity contribution >= 4 is 12.1 Å². The number of carbonyl (C=O) groups excluding carboxylic acids is 1. The lowest BCUT2D eigenvalue weighted by Crippen LogP contribution is -2.01. The van der Waals surface area contributed by atoms with Crippen molar-refractivity contribution in [3.05, 3.63) is 11.8 Å². The molecular weight excluding hydrogens is 130 g/mol. The van der Waals surface area contributed by atoms with Crippen molar-refractivity contribution in [1.82, 2.24) is 9.78 Å². The van der Waals surface area contributed by atoms with Gasteiger partial charge in [-0.05, 0) is 6.92 Å². The molecule has 4 heteroatoms. The highest BCUT2D eigenvalue weighted by molar-refractivity contribution is 5.73. The summed E-state index contributed by atoms with van der Waals surface area (Å²) in [5, 5.41) is 3.86. The molecule has 10 heavy (non-hydrogen) atoms. The van der Waals surface area contributed by atoms with Crippen LogP contribution in [0.1, 0.15) is 17.4 Å². The van der Waals surface area contributed by atoms with Crippen molar-refractivity contribution in [3.8, 4) is 0 Å². The number of aryl methyl sites for hydroxylation is 1. The summed E-state index contributed by atoms with van der Waals surface area (Å²) in [6, 6.07) is 1.55. The highest BCUT2D eigenvalue weighted by Crippen LogP contribution is 2.01. The van der Waals surface area contributed by atoms with Crippen molar-refractivity contribution in [3.63, 3.8) is 0 Å². The normalized spacial score (nSPS) is 9.70. The molecule has 0 aliphatic heterocycles. The third kappa shape index (κ3) is 1.00. The van der Waals surface area contributed by atoms with Crippen LogP contribution in [-0.2, 0) is 6.54 Å². The zero-order valence-corrected chi connectivity index (χ0v) is 5.74. The first-order valence-corrected chi connectivity index (χ1v) is 3.06. The summed E-state index contributed by atoms with van der Waals surface area (Å²) in [7, 11) is 0. The molecule has 0 bridgehead atoms. The molecule has 0 saturated carbocycles. The Kier molecular flexibility index (Phi) is 1.71. The predicted octanol–water partition coefficient (Wildman–Crippen LogP) is 0.298. The Morgan fingerprint density at radius 3 is 3.00 bits per heavy atom. The van der Waals surface area contributed by atoms with Crippen LogP contribution < -0.4 is 5.73 Å². The molecule has 54 valence electrons. The second-order valence-electron chi connectivity index (χ2n) is 1.93. The van der Waals surface area contributed by atoms with Crippen LogP contribution in [0.3, 0.4) is 0 Å². The van der Waals surface area contributed by atoms with Crippen LogP contribution in [-0.4, -0.2) is 16.1 Å². The van der Waals surface area contributed by atoms with Gasteiger partial charge in [-0.1, -0.05) is 0 Å². The van der Waals surface area contributed by atoms with E-state index in [1.54, 1.807) is 10.7 Å². The van der Waals surface area contributed by atoms with E-state index in [2.05, 4.69) is 5.10 Å². The van der Waals surface area contributed by atoms with Gasteiger partial charge >= 0.3 is 0 Å². The molecule has 1 rings (SSSR count). The van der Waals surface area contributed by atoms with Gasteiger partial charge in [-0.15, -0.1) is 0 Å². The second kappa shape index (κ2) is 2.51. The van der Waals surface area contributed by atoms with Crippen molar-refractivity contribution in [1.29, 1.82) is 0 Å². The van der Waals surface area contributed by atoms with Crippen molar-refractivity contribution in [2.24, 2.45) is 0 Å². The molecule has 1 heterocycles. The standard InChI is InChI=1S/C6H9N3O/c1-2-9-5(4-10)3-6(7)8-9/h3-4H,2H2,1H3,(H2,7,8). The van der Waals surface area contributed by atoms with Crippen molar-refractivity contribution in [2.45, 2.75) is 13.5 Å². The van der Waals surface area contributed by atoms with Gasteiger partial charge in [0.25, 0.3) is 0 Å². The van der Waals surface area contributed by atoms with E-state index in [9.17, 15) is 4.79 Å². The van der Waals surface area contributed by atoms with Crippen molar-refractivity contribution in [2.75, 3.05) is 5.73 Å². The monoisotopic (exact) mass is 139 g/mol. The Balaban J connectivity index is 3.08. The maximum absolute atomic E-state index is 10.3. The van der Waals surface area contributed by atoms with E-state index in [0.717, 1.165) is 6.29 Å². The number of hydrogen-bond donors (Lipinski definition) is 1. The highest BCUT2D eigenvalue weighted by Gasteiger charge is 2.00. The lowest BCUT2D eigenvalue weighted by atomic mass is 10.4. The average Bonchev–Trinajstić information content (AvgIpc) is 2.30. The van der Waals surface area contributed by atoms with E-state index in [-0.39, 0.29) is 0 Å². The third-order valence-corrected chi connectivity index (χ3v) is 1.25. The van der Waals surface area contributed by atoms with Gasteiger partial charge in [0.15, 0.2) is 6.29 Å². The topological polar surface area (TPSA) is 60.9 Å². The van der Waals surface area contributed by atoms with E-state index < -0.39 is 0 Å². The van der Waals surface area contributed by atoms with Crippen LogP contribution in [0.15, 0.2) is 6.07 Å². The van der Waals surface area contributed by atoms with Crippen LogP contribution in [0.25, 0.3) is 0 Å². The van der Waals surface area contributed by atoms with Gasteiger partial charge < -0.3 is 5.73 Å². The molecule has 0 aliphatic rings. The molecule has 2 N–H and O–H groups in total. The molecule has 1 aromatic heterocycles. The number of nitrogen functional groups attached to an aromatic ring is 1. The molecule has 0 unspecified atom stereocenters. The molecule has 0 amide bonds. The van der Waals surface area contributed by atoms with E-state index in [4.69, 9.17) is 5.73 Å². The second-order valence-corrected chi connectivity index (χ2v) is 1.93. The molecule has 0 aromatic carbocycles. The zero-order chi connectivity index (χ0) is 7.56. The van der Waals surface area contributed by atoms with Crippen molar-refractivity contribution < 1.29 is 4.79 Å². The average molecular weight is 139 g/mol. The fraction of sp³-hybridized carbons (Fsp3) is 0.333. The number of hydrogen-bond acceptors (Lipinski definition) is 3. The summed E-state index contributed by atoms with van der Waals surface area (Å²) >= 11 is 0. The predicted molar refractivity (Wildman–Crippen MR) is 37.7 cm³/mol. The number of aldehydes is 1. The zero-order valence-electron chi connectivity index (χ0n) is 5.74. The number of anilines is 1. The molecule has 0 atom stereocenters. The fourth-order valence-electron chi connectivity index (χ4n) is 0.800. The van der Waals surface area contributed by atoms with E-state index in [0.29, 0.717) is 18.1 Å². The number of rotatable bonds is 2. The SMILES string of the molecule is CCn1nc(N)cc1C=O. The summed E-state index contributed by atoms with van der Waals surface area (Å²) < 4.78 is 1.56. The lowest BCUT2D eigenvalue weighted by Gasteiger charge is -1.94. The van der Waals surface area contributed by atoms with Crippen LogP contribution in [0.5, 0.6) is 0 Å². The van der Waals surface area contributed by atoms with E-state index in [1.165, 1.54) is 0 Å². The summed E-state index contributed by atoms with van der Waals surface area (Å²) in [5.41, 5.74) is 5.87. The maximum Gasteiger partial charge on any atom is 0.168 e. The summed E-state index contributed by atoms with van der Waals surface area (Å²) in [6.07, 6.45) is 0.743. The lowest BCUT2D eigenvalue weighted by molar-refractivity contribution is 0.111. The smallest absolute Gasteiger partial charge is 0.168 e. The molecule has 1 aromatic rings. The first-order chi connectivity index (χ1) is 4.77. The number of nitrogens with two attached hydrogens (primary N) is 1. The molecule has 0 saturated heterocycles. The minimum absolute atomic E-state index is 0.393. The van der Waals surface area contributed by atoms with Gasteiger partial charge in [-0.25, -0.2) is 0 Å². The fourth-order valence-corrected chi connectivity index (χ4v) is 0.800. The Bertz CT molecular complexity index is 241. The molecule has 4 nitrogen and oxygen atoms in total. The Morgan fingerprint density at radius 1 is 1.90 bits per heavy atom. The Hall–Kier alpha value is -1.32. The number of carbonyl (C=O) groups is 1. The first kappa shape index (κ1) is 6.80. The largest absolute Gasteiger partial charge is 0.382 e. The van der Waals surface area contributed by atoms with Gasteiger partial charge in [-0.3, -0.25) is 9.48 Å². The highest BCUT2D eigenvalue weighted by atomic mass is 16.1. The van der Waals surface area contributed by atoms with Gasteiger partial charge in [-0.2, -0.15) is 5.10 Å². The third-order valence-electron chi connectivity index (χ3n) is 1.25. The molecule has 0 fully saturated rings. The first-order valence-electron chi connectivity index (χ1n) is 3.06. The van der Waals surface area contributed by atoms with Gasteiger partial charge in [0.05, 0.1) is 0 Å². The van der Waals surface area contributed by atoms with Gasteiger partial charge in [0.2, 0.25) is 0 Å². The van der Waals surface area contributed by atoms with E-state index in [1.807, 2.05) is 6.92 Å².